The highest BCUT2D eigenvalue weighted by Gasteiger charge is 2.56. The molecule has 1 amide bonds. The van der Waals surface area contributed by atoms with Gasteiger partial charge in [-0.15, -0.1) is 0 Å². The van der Waals surface area contributed by atoms with Gasteiger partial charge in [-0.2, -0.15) is 0 Å². The molecule has 5 nitrogen and oxygen atoms in total. The van der Waals surface area contributed by atoms with Crippen LogP contribution in [0.1, 0.15) is 12.5 Å². The lowest BCUT2D eigenvalue weighted by Gasteiger charge is -2.28. The van der Waals surface area contributed by atoms with E-state index in [1.165, 1.54) is 17.9 Å². The van der Waals surface area contributed by atoms with Gasteiger partial charge in [0.25, 0.3) is 5.91 Å². The van der Waals surface area contributed by atoms with Crippen LogP contribution in [0.4, 0.5) is 5.69 Å². The number of likely N-dealkylation sites (N-methyl/N-ethyl adjacent to an activating group) is 1. The molecule has 1 unspecified atom stereocenters. The minimum atomic E-state index is -3.76. The van der Waals surface area contributed by atoms with Gasteiger partial charge >= 0.3 is 0 Å². The predicted molar refractivity (Wildman–Crippen MR) is 64.4 cm³/mol. The zero-order valence-electron chi connectivity index (χ0n) is 9.89. The highest BCUT2D eigenvalue weighted by atomic mass is 32.2. The Bertz CT molecular complexity index is 609. The summed E-state index contributed by atoms with van der Waals surface area (Å²) in [5.74, 6) is -0.867. The molecule has 2 N–H and O–H groups in total. The molecule has 0 saturated heterocycles. The highest BCUT2D eigenvalue weighted by Crippen LogP contribution is 2.44. The minimum Gasteiger partial charge on any atom is -0.367 e. The van der Waals surface area contributed by atoms with Crippen LogP contribution >= 0.6 is 0 Å². The first kappa shape index (κ1) is 11.9. The summed E-state index contributed by atoms with van der Waals surface area (Å²) in [6.07, 6.45) is 0. The van der Waals surface area contributed by atoms with E-state index in [9.17, 15) is 13.2 Å². The van der Waals surface area contributed by atoms with Crippen molar-refractivity contribution in [2.45, 2.75) is 23.6 Å². The van der Waals surface area contributed by atoms with Gasteiger partial charge in [-0.3, -0.25) is 4.79 Å². The first-order valence-electron chi connectivity index (χ1n) is 5.12. The number of carbonyl (C=O) groups is 1. The van der Waals surface area contributed by atoms with Gasteiger partial charge in [0.2, 0.25) is 14.7 Å². The average molecular weight is 254 g/mol. The third-order valence-electron chi connectivity index (χ3n) is 3.39. The fourth-order valence-corrected chi connectivity index (χ4v) is 3.91. The first-order chi connectivity index (χ1) is 7.73. The van der Waals surface area contributed by atoms with E-state index in [1.54, 1.807) is 19.2 Å². The van der Waals surface area contributed by atoms with Crippen molar-refractivity contribution in [2.24, 2.45) is 5.73 Å². The van der Waals surface area contributed by atoms with Crippen molar-refractivity contribution in [1.29, 1.82) is 0 Å². The van der Waals surface area contributed by atoms with Gasteiger partial charge in [-0.25, -0.2) is 8.42 Å². The maximum atomic E-state index is 12.3. The van der Waals surface area contributed by atoms with Crippen LogP contribution in [0.15, 0.2) is 23.1 Å². The first-order valence-corrected chi connectivity index (χ1v) is 6.60. The fourth-order valence-electron chi connectivity index (χ4n) is 2.04. The SMILES string of the molecule is Cc1ccc2c(c1)N(C)C(C)(C(N)=O)S2(=O)=O. The minimum absolute atomic E-state index is 0.159. The van der Waals surface area contributed by atoms with E-state index >= 15 is 0 Å². The Labute approximate surface area is 100 Å². The number of primary amides is 1. The Balaban J connectivity index is 2.82. The van der Waals surface area contributed by atoms with Crippen molar-refractivity contribution < 1.29 is 13.2 Å². The number of anilines is 1. The van der Waals surface area contributed by atoms with Gasteiger partial charge in [-0.05, 0) is 31.5 Å². The van der Waals surface area contributed by atoms with Crippen LogP contribution in [-0.2, 0) is 14.6 Å². The maximum Gasteiger partial charge on any atom is 0.259 e. The van der Waals surface area contributed by atoms with Crippen LogP contribution in [0.3, 0.4) is 0 Å². The van der Waals surface area contributed by atoms with Crippen LogP contribution in [0.5, 0.6) is 0 Å². The molecule has 1 atom stereocenters. The largest absolute Gasteiger partial charge is 0.367 e. The number of hydrogen-bond acceptors (Lipinski definition) is 4. The van der Waals surface area contributed by atoms with Gasteiger partial charge in [0.15, 0.2) is 0 Å². The number of nitrogens with zero attached hydrogens (tertiary/aromatic N) is 1. The van der Waals surface area contributed by atoms with Crippen LogP contribution in [0.25, 0.3) is 0 Å². The van der Waals surface area contributed by atoms with Gasteiger partial charge in [0.1, 0.15) is 0 Å². The zero-order chi connectivity index (χ0) is 13.0. The highest BCUT2D eigenvalue weighted by molar-refractivity contribution is 7.94. The summed E-state index contributed by atoms with van der Waals surface area (Å²) in [5, 5.41) is 0. The second-order valence-electron chi connectivity index (χ2n) is 4.38. The number of rotatable bonds is 1. The second-order valence-corrected chi connectivity index (χ2v) is 6.62. The molecular formula is C11H14N2O3S. The Morgan fingerprint density at radius 3 is 2.53 bits per heavy atom. The van der Waals surface area contributed by atoms with Crippen LogP contribution in [0, 0.1) is 6.92 Å². The predicted octanol–water partition coefficient (Wildman–Crippen LogP) is 0.420. The summed E-state index contributed by atoms with van der Waals surface area (Å²) in [4.78, 5) is 11.4. The second kappa shape index (κ2) is 3.22. The molecule has 6 heteroatoms. The van der Waals surface area contributed by atoms with Crippen molar-refractivity contribution in [3.05, 3.63) is 23.8 Å². The summed E-state index contributed by atoms with van der Waals surface area (Å²) >= 11 is 0. The number of carbonyl (C=O) groups excluding carboxylic acids is 1. The van der Waals surface area contributed by atoms with E-state index in [2.05, 4.69) is 0 Å². The zero-order valence-corrected chi connectivity index (χ0v) is 10.7. The Morgan fingerprint density at radius 1 is 1.41 bits per heavy atom. The van der Waals surface area contributed by atoms with Crippen molar-refractivity contribution in [3.8, 4) is 0 Å². The summed E-state index contributed by atoms with van der Waals surface area (Å²) < 4.78 is 24.7. The molecule has 0 fully saturated rings. The fraction of sp³-hybridized carbons (Fsp3) is 0.364. The number of amides is 1. The molecule has 0 aromatic heterocycles. The molecular weight excluding hydrogens is 240 g/mol. The monoisotopic (exact) mass is 254 g/mol. The van der Waals surface area contributed by atoms with Crippen molar-refractivity contribution in [3.63, 3.8) is 0 Å². The standard InChI is InChI=1S/C11H14N2O3S/c1-7-4-5-9-8(6-7)13(3)11(2,10(12)14)17(9,15)16/h4-6H,1-3H3,(H2,12,14). The van der Waals surface area contributed by atoms with Crippen molar-refractivity contribution >= 4 is 21.4 Å². The lowest BCUT2D eigenvalue weighted by molar-refractivity contribution is -0.119. The lowest BCUT2D eigenvalue weighted by Crippen LogP contribution is -2.55. The van der Waals surface area contributed by atoms with Crippen molar-refractivity contribution in [2.75, 3.05) is 11.9 Å². The molecule has 1 heterocycles. The smallest absolute Gasteiger partial charge is 0.259 e. The Hall–Kier alpha value is -1.56. The van der Waals surface area contributed by atoms with Gasteiger partial charge in [0.05, 0.1) is 10.6 Å². The van der Waals surface area contributed by atoms with E-state index in [1.807, 2.05) is 6.92 Å². The number of sulfone groups is 1. The third kappa shape index (κ3) is 1.24. The van der Waals surface area contributed by atoms with E-state index in [-0.39, 0.29) is 4.90 Å². The molecule has 0 bridgehead atoms. The molecule has 92 valence electrons. The maximum absolute atomic E-state index is 12.3. The van der Waals surface area contributed by atoms with E-state index in [4.69, 9.17) is 5.73 Å². The summed E-state index contributed by atoms with van der Waals surface area (Å²) in [6.45, 7) is 3.20. The average Bonchev–Trinajstić information content (AvgIpc) is 2.39. The van der Waals surface area contributed by atoms with Crippen LogP contribution < -0.4 is 10.6 Å². The number of aryl methyl sites for hydroxylation is 1. The summed E-state index contributed by atoms with van der Waals surface area (Å²) in [5.41, 5.74) is 6.71. The Kier molecular flexibility index (Phi) is 2.26. The Morgan fingerprint density at radius 2 is 2.00 bits per heavy atom. The number of benzene rings is 1. The van der Waals surface area contributed by atoms with E-state index in [0.717, 1.165) is 5.56 Å². The van der Waals surface area contributed by atoms with Gasteiger partial charge in [0, 0.05) is 7.05 Å². The van der Waals surface area contributed by atoms with Crippen molar-refractivity contribution in [1.82, 2.24) is 0 Å². The molecule has 1 aromatic rings. The summed E-state index contributed by atoms with van der Waals surface area (Å²) in [7, 11) is -2.20. The molecule has 0 radical (unpaired) electrons. The lowest BCUT2D eigenvalue weighted by atomic mass is 10.2. The molecule has 0 saturated carbocycles. The molecule has 17 heavy (non-hydrogen) atoms. The third-order valence-corrected chi connectivity index (χ3v) is 5.83. The van der Waals surface area contributed by atoms with Crippen LogP contribution in [0.2, 0.25) is 0 Å². The normalized spacial score (nSPS) is 25.7. The molecule has 0 aliphatic carbocycles. The van der Waals surface area contributed by atoms with E-state index < -0.39 is 20.6 Å². The van der Waals surface area contributed by atoms with Gasteiger partial charge in [-0.1, -0.05) is 6.07 Å². The molecule has 1 aliphatic rings. The number of nitrogens with two attached hydrogens (primary N) is 1. The number of fused-ring (bicyclic) bond motifs is 1. The molecule has 1 aliphatic heterocycles. The van der Waals surface area contributed by atoms with E-state index in [0.29, 0.717) is 5.69 Å². The topological polar surface area (TPSA) is 80.5 Å². The summed E-state index contributed by atoms with van der Waals surface area (Å²) in [6, 6.07) is 4.96. The quantitative estimate of drug-likeness (QED) is 0.787. The molecule has 0 spiro atoms. The molecule has 2 rings (SSSR count). The van der Waals surface area contributed by atoms with Gasteiger partial charge < -0.3 is 10.6 Å². The molecule has 1 aromatic carbocycles. The van der Waals surface area contributed by atoms with Crippen LogP contribution in [-0.4, -0.2) is 26.2 Å². The number of hydrogen-bond donors (Lipinski definition) is 1.